The number of rotatable bonds is 4. The average Bonchev–Trinajstić information content (AvgIpc) is 3.32. The van der Waals surface area contributed by atoms with Crippen molar-refractivity contribution in [3.05, 3.63) is 63.1 Å². The number of aliphatic hydroxyl groups is 1. The van der Waals surface area contributed by atoms with Crippen LogP contribution >= 0.6 is 0 Å². The quantitative estimate of drug-likeness (QED) is 0.534. The summed E-state index contributed by atoms with van der Waals surface area (Å²) < 4.78 is 27.0. The number of aliphatic hydroxyl groups excluding tert-OH is 1. The van der Waals surface area contributed by atoms with Crippen LogP contribution in [0.3, 0.4) is 0 Å². The van der Waals surface area contributed by atoms with Gasteiger partial charge in [-0.05, 0) is 12.1 Å². The SMILES string of the molecule is O=c1n([C@H]2CO[C@@H](CO)O2)cc(F)c2nc(-c3ccc([N+](=O)[O-])cc3)cn12. The molecular formula is C16H13FN4O6. The molecule has 0 amide bonds. The molecule has 1 saturated heterocycles. The minimum absolute atomic E-state index is 0.0139. The summed E-state index contributed by atoms with van der Waals surface area (Å²) >= 11 is 0. The summed E-state index contributed by atoms with van der Waals surface area (Å²) in [4.78, 5) is 27.0. The van der Waals surface area contributed by atoms with E-state index in [1.165, 1.54) is 30.5 Å². The molecule has 3 heterocycles. The second kappa shape index (κ2) is 6.54. The third-order valence-electron chi connectivity index (χ3n) is 4.17. The first-order valence-electron chi connectivity index (χ1n) is 7.90. The van der Waals surface area contributed by atoms with Crippen molar-refractivity contribution in [2.75, 3.05) is 13.2 Å². The van der Waals surface area contributed by atoms with Gasteiger partial charge in [0.1, 0.15) is 0 Å². The van der Waals surface area contributed by atoms with Gasteiger partial charge in [-0.1, -0.05) is 0 Å². The molecule has 0 spiro atoms. The van der Waals surface area contributed by atoms with Crippen LogP contribution in [0.4, 0.5) is 10.1 Å². The summed E-state index contributed by atoms with van der Waals surface area (Å²) in [5, 5.41) is 19.8. The van der Waals surface area contributed by atoms with Crippen LogP contribution in [0.15, 0.2) is 41.5 Å². The topological polar surface area (TPSA) is 121 Å². The van der Waals surface area contributed by atoms with Gasteiger partial charge in [0.15, 0.2) is 24.0 Å². The molecule has 27 heavy (non-hydrogen) atoms. The van der Waals surface area contributed by atoms with Crippen LogP contribution in [-0.4, -0.2) is 43.5 Å². The van der Waals surface area contributed by atoms with Gasteiger partial charge < -0.3 is 14.6 Å². The Bertz CT molecular complexity index is 1080. The summed E-state index contributed by atoms with van der Waals surface area (Å²) in [7, 11) is 0. The van der Waals surface area contributed by atoms with E-state index in [0.717, 1.165) is 15.2 Å². The third kappa shape index (κ3) is 2.97. The molecule has 1 aliphatic rings. The highest BCUT2D eigenvalue weighted by atomic mass is 19.1. The number of benzene rings is 1. The highest BCUT2D eigenvalue weighted by Crippen LogP contribution is 2.24. The molecule has 2 atom stereocenters. The van der Waals surface area contributed by atoms with E-state index < -0.39 is 28.9 Å². The van der Waals surface area contributed by atoms with E-state index in [-0.39, 0.29) is 30.2 Å². The minimum atomic E-state index is -0.876. The molecule has 3 aromatic rings. The molecule has 0 radical (unpaired) electrons. The maximum Gasteiger partial charge on any atom is 0.336 e. The predicted molar refractivity (Wildman–Crippen MR) is 88.4 cm³/mol. The van der Waals surface area contributed by atoms with E-state index >= 15 is 0 Å². The molecule has 11 heteroatoms. The number of imidazole rings is 1. The van der Waals surface area contributed by atoms with Crippen LogP contribution in [0.1, 0.15) is 6.23 Å². The number of nitro groups is 1. The number of hydrogen-bond donors (Lipinski definition) is 1. The van der Waals surface area contributed by atoms with E-state index in [1.807, 2.05) is 0 Å². The maximum atomic E-state index is 14.5. The van der Waals surface area contributed by atoms with Crippen molar-refractivity contribution in [1.82, 2.24) is 14.0 Å². The number of ether oxygens (including phenoxy) is 2. The number of hydrogen-bond acceptors (Lipinski definition) is 7. The Morgan fingerprint density at radius 2 is 2.07 bits per heavy atom. The van der Waals surface area contributed by atoms with Gasteiger partial charge in [0.05, 0.1) is 30.0 Å². The Kier molecular flexibility index (Phi) is 4.18. The van der Waals surface area contributed by atoms with Crippen molar-refractivity contribution < 1.29 is 23.9 Å². The summed E-state index contributed by atoms with van der Waals surface area (Å²) in [6, 6.07) is 5.53. The highest BCUT2D eigenvalue weighted by Gasteiger charge is 2.29. The van der Waals surface area contributed by atoms with Crippen molar-refractivity contribution in [2.45, 2.75) is 12.5 Å². The molecule has 1 aromatic carbocycles. The number of halogens is 1. The first-order chi connectivity index (χ1) is 13.0. The lowest BCUT2D eigenvalue weighted by molar-refractivity contribution is -0.384. The minimum Gasteiger partial charge on any atom is -0.391 e. The van der Waals surface area contributed by atoms with E-state index in [1.54, 1.807) is 0 Å². The Labute approximate surface area is 150 Å². The van der Waals surface area contributed by atoms with Crippen LogP contribution < -0.4 is 5.69 Å². The molecule has 0 aliphatic carbocycles. The Morgan fingerprint density at radius 3 is 2.70 bits per heavy atom. The van der Waals surface area contributed by atoms with Gasteiger partial charge in [0.25, 0.3) is 5.69 Å². The first-order valence-corrected chi connectivity index (χ1v) is 7.90. The normalized spacial score (nSPS) is 19.6. The van der Waals surface area contributed by atoms with E-state index in [9.17, 15) is 19.3 Å². The highest BCUT2D eigenvalue weighted by molar-refractivity contribution is 5.64. The maximum absolute atomic E-state index is 14.5. The van der Waals surface area contributed by atoms with Crippen LogP contribution in [0.25, 0.3) is 16.9 Å². The summed E-state index contributed by atoms with van der Waals surface area (Å²) in [5.41, 5.74) is -0.0831. The molecular weight excluding hydrogens is 363 g/mol. The van der Waals surface area contributed by atoms with E-state index in [0.29, 0.717) is 5.56 Å². The molecule has 0 unspecified atom stereocenters. The van der Waals surface area contributed by atoms with Gasteiger partial charge >= 0.3 is 5.69 Å². The van der Waals surface area contributed by atoms with Gasteiger partial charge in [0, 0.05) is 23.9 Å². The van der Waals surface area contributed by atoms with Crippen LogP contribution in [0, 0.1) is 15.9 Å². The Balaban J connectivity index is 1.76. The van der Waals surface area contributed by atoms with Gasteiger partial charge in [0.2, 0.25) is 0 Å². The number of non-ortho nitro benzene ring substituents is 1. The fraction of sp³-hybridized carbons (Fsp3) is 0.250. The number of nitro benzene ring substituents is 1. The van der Waals surface area contributed by atoms with Crippen molar-refractivity contribution >= 4 is 11.3 Å². The van der Waals surface area contributed by atoms with Crippen LogP contribution in [-0.2, 0) is 9.47 Å². The van der Waals surface area contributed by atoms with Gasteiger partial charge in [-0.2, -0.15) is 0 Å². The molecule has 1 fully saturated rings. The van der Waals surface area contributed by atoms with Crippen molar-refractivity contribution in [1.29, 1.82) is 0 Å². The van der Waals surface area contributed by atoms with Crippen molar-refractivity contribution in [3.63, 3.8) is 0 Å². The smallest absolute Gasteiger partial charge is 0.336 e. The molecule has 1 aliphatic heterocycles. The Hall–Kier alpha value is -3.15. The van der Waals surface area contributed by atoms with Crippen molar-refractivity contribution in [3.8, 4) is 11.3 Å². The third-order valence-corrected chi connectivity index (χ3v) is 4.17. The second-order valence-corrected chi connectivity index (χ2v) is 5.83. The zero-order valence-electron chi connectivity index (χ0n) is 13.7. The first kappa shape index (κ1) is 17.3. The second-order valence-electron chi connectivity index (χ2n) is 5.83. The number of nitrogens with zero attached hydrogens (tertiary/aromatic N) is 4. The molecule has 140 valence electrons. The van der Waals surface area contributed by atoms with Crippen LogP contribution in [0.5, 0.6) is 0 Å². The molecule has 10 nitrogen and oxygen atoms in total. The largest absolute Gasteiger partial charge is 0.391 e. The lowest BCUT2D eigenvalue weighted by Crippen LogP contribution is -2.31. The monoisotopic (exact) mass is 376 g/mol. The fourth-order valence-electron chi connectivity index (χ4n) is 2.84. The molecule has 2 aromatic heterocycles. The molecule has 0 bridgehead atoms. The number of fused-ring (bicyclic) bond motifs is 1. The number of aromatic nitrogens is 3. The van der Waals surface area contributed by atoms with Gasteiger partial charge in [-0.25, -0.2) is 18.6 Å². The lowest BCUT2D eigenvalue weighted by atomic mass is 10.1. The lowest BCUT2D eigenvalue weighted by Gasteiger charge is -2.13. The van der Waals surface area contributed by atoms with Crippen molar-refractivity contribution in [2.24, 2.45) is 0 Å². The fourth-order valence-corrected chi connectivity index (χ4v) is 2.84. The summed E-state index contributed by atoms with van der Waals surface area (Å²) in [6.07, 6.45) is 0.563. The zero-order chi connectivity index (χ0) is 19.1. The predicted octanol–water partition coefficient (Wildman–Crippen LogP) is 1.07. The molecule has 0 saturated carbocycles. The summed E-state index contributed by atoms with van der Waals surface area (Å²) in [5.74, 6) is -0.751. The standard InChI is InChI=1S/C16H13FN4O6/c17-11-5-19(13-8-26-14(7-22)27-13)16(23)20-6-12(18-15(11)20)9-1-3-10(4-2-9)21(24)25/h1-6,13-14,22H,7-8H2/t13-,14-/m1/s1. The van der Waals surface area contributed by atoms with Crippen LogP contribution in [0.2, 0.25) is 0 Å². The summed E-state index contributed by atoms with van der Waals surface area (Å²) in [6.45, 7) is -0.397. The zero-order valence-corrected chi connectivity index (χ0v) is 13.7. The van der Waals surface area contributed by atoms with Gasteiger partial charge in [-0.15, -0.1) is 0 Å². The molecule has 4 rings (SSSR count). The van der Waals surface area contributed by atoms with E-state index in [2.05, 4.69) is 4.98 Å². The Morgan fingerprint density at radius 1 is 1.33 bits per heavy atom. The molecule has 1 N–H and O–H groups in total. The van der Waals surface area contributed by atoms with Gasteiger partial charge in [-0.3, -0.25) is 14.7 Å². The van der Waals surface area contributed by atoms with E-state index in [4.69, 9.17) is 14.6 Å². The average molecular weight is 376 g/mol.